The van der Waals surface area contributed by atoms with Crippen molar-refractivity contribution in [3.8, 4) is 0 Å². The lowest BCUT2D eigenvalue weighted by atomic mass is 9.75. The van der Waals surface area contributed by atoms with Gasteiger partial charge in [0.25, 0.3) is 0 Å². The molecule has 2 aliphatic rings. The zero-order valence-corrected chi connectivity index (χ0v) is 19.6. The van der Waals surface area contributed by atoms with Crippen molar-refractivity contribution in [1.82, 2.24) is 0 Å². The fourth-order valence-corrected chi connectivity index (χ4v) is 7.45. The summed E-state index contributed by atoms with van der Waals surface area (Å²) < 4.78 is 12.9. The number of hydrogen-bond donors (Lipinski definition) is 1. The first kappa shape index (κ1) is 22.2. The van der Waals surface area contributed by atoms with Gasteiger partial charge in [0.2, 0.25) is 5.69 Å². The summed E-state index contributed by atoms with van der Waals surface area (Å²) >= 11 is 10.6. The normalized spacial score (nSPS) is 37.6. The first-order chi connectivity index (χ1) is 11.6. The molecule has 0 aromatic heterocycles. The van der Waals surface area contributed by atoms with Crippen LogP contribution in [0.4, 0.5) is 0 Å². The SMILES string of the molecule is CC(C)[C@H]1CC[C@H](C)C[C@@H]1OP(=S)(S)O[C@H]1C[C@@H](C)CC[C@@H]1C(C)C. The predicted molar refractivity (Wildman–Crippen MR) is 116 cm³/mol. The monoisotopic (exact) mass is 406 g/mol. The van der Waals surface area contributed by atoms with E-state index < -0.39 is 5.69 Å². The van der Waals surface area contributed by atoms with E-state index in [2.05, 4.69) is 41.5 Å². The van der Waals surface area contributed by atoms with Crippen molar-refractivity contribution >= 4 is 29.7 Å². The van der Waals surface area contributed by atoms with Gasteiger partial charge >= 0.3 is 0 Å². The number of hydrogen-bond acceptors (Lipinski definition) is 3. The molecule has 0 bridgehead atoms. The third-order valence-corrected chi connectivity index (χ3v) is 8.62. The molecule has 0 aliphatic heterocycles. The molecule has 0 N–H and O–H groups in total. The first-order valence-corrected chi connectivity index (χ1v) is 14.1. The lowest BCUT2D eigenvalue weighted by molar-refractivity contribution is 0.0143. The fourth-order valence-electron chi connectivity index (χ4n) is 4.84. The lowest BCUT2D eigenvalue weighted by Crippen LogP contribution is -2.35. The van der Waals surface area contributed by atoms with Crippen LogP contribution >= 0.6 is 17.9 Å². The smallest absolute Gasteiger partial charge is 0.244 e. The third kappa shape index (κ3) is 6.49. The van der Waals surface area contributed by atoms with Gasteiger partial charge < -0.3 is 9.05 Å². The molecule has 25 heavy (non-hydrogen) atoms. The Labute approximate surface area is 166 Å². The van der Waals surface area contributed by atoms with Gasteiger partial charge in [0.1, 0.15) is 0 Å². The van der Waals surface area contributed by atoms with Crippen molar-refractivity contribution in [2.75, 3.05) is 0 Å². The van der Waals surface area contributed by atoms with Crippen molar-refractivity contribution in [3.63, 3.8) is 0 Å². The summed E-state index contributed by atoms with van der Waals surface area (Å²) in [6, 6.07) is 0. The maximum absolute atomic E-state index is 6.46. The zero-order chi connectivity index (χ0) is 18.8. The molecule has 2 fully saturated rings. The quantitative estimate of drug-likeness (QED) is 0.375. The Morgan fingerprint density at radius 3 is 1.48 bits per heavy atom. The minimum absolute atomic E-state index is 0.214. The van der Waals surface area contributed by atoms with Crippen LogP contribution in [0.1, 0.15) is 80.1 Å². The van der Waals surface area contributed by atoms with Crippen molar-refractivity contribution in [1.29, 1.82) is 0 Å². The first-order valence-electron chi connectivity index (χ1n) is 10.3. The van der Waals surface area contributed by atoms with Crippen LogP contribution in [0, 0.1) is 35.5 Å². The molecule has 6 atom stereocenters. The van der Waals surface area contributed by atoms with E-state index in [0.717, 1.165) is 12.8 Å². The van der Waals surface area contributed by atoms with Gasteiger partial charge in [-0.3, -0.25) is 0 Å². The average molecular weight is 407 g/mol. The molecule has 0 spiro atoms. The topological polar surface area (TPSA) is 18.5 Å². The van der Waals surface area contributed by atoms with Gasteiger partial charge in [-0.05, 0) is 73.0 Å². The van der Waals surface area contributed by atoms with Crippen LogP contribution in [0.2, 0.25) is 0 Å². The molecule has 0 heterocycles. The van der Waals surface area contributed by atoms with E-state index in [-0.39, 0.29) is 12.2 Å². The van der Waals surface area contributed by atoms with Gasteiger partial charge in [0.15, 0.2) is 0 Å². The molecule has 0 amide bonds. The summed E-state index contributed by atoms with van der Waals surface area (Å²) in [7, 11) is 0. The Hall–Kier alpha value is 0.920. The maximum Gasteiger partial charge on any atom is 0.244 e. The molecule has 0 radical (unpaired) electrons. The minimum Gasteiger partial charge on any atom is -0.318 e. The average Bonchev–Trinajstić information content (AvgIpc) is 2.45. The van der Waals surface area contributed by atoms with E-state index in [4.69, 9.17) is 33.1 Å². The summed E-state index contributed by atoms with van der Waals surface area (Å²) in [5.74, 6) is 3.83. The standard InChI is InChI=1S/C20H39O2PS2/c1-13(2)17-9-7-15(5)11-19(17)21-23(24,25)22-20-12-16(6)8-10-18(20)14(3)4/h13-20H,7-12H2,1-6H3,(H,24,25)/t15-,16-,17+,18+,19-,20-/m0/s1. The van der Waals surface area contributed by atoms with Gasteiger partial charge in [-0.25, -0.2) is 0 Å². The van der Waals surface area contributed by atoms with Crippen LogP contribution in [0.5, 0.6) is 0 Å². The number of thiol groups is 1. The molecule has 0 aromatic carbocycles. The summed E-state index contributed by atoms with van der Waals surface area (Å²) in [4.78, 5) is 0. The Bertz CT molecular complexity index is 431. The van der Waals surface area contributed by atoms with Gasteiger partial charge in [0.05, 0.1) is 12.2 Å². The molecule has 0 unspecified atom stereocenters. The molecule has 148 valence electrons. The highest BCUT2D eigenvalue weighted by atomic mass is 32.9. The molecular formula is C20H39O2PS2. The van der Waals surface area contributed by atoms with Crippen molar-refractivity contribution in [2.45, 2.75) is 92.3 Å². The van der Waals surface area contributed by atoms with Gasteiger partial charge in [-0.15, -0.1) is 0 Å². The molecule has 0 saturated heterocycles. The van der Waals surface area contributed by atoms with E-state index in [1.807, 2.05) is 0 Å². The molecule has 2 rings (SSSR count). The van der Waals surface area contributed by atoms with Crippen molar-refractivity contribution in [2.24, 2.45) is 35.5 Å². The fraction of sp³-hybridized carbons (Fsp3) is 1.00. The highest BCUT2D eigenvalue weighted by Gasteiger charge is 2.38. The van der Waals surface area contributed by atoms with Crippen LogP contribution in [-0.2, 0) is 20.9 Å². The van der Waals surface area contributed by atoms with Gasteiger partial charge in [0, 0.05) is 0 Å². The van der Waals surface area contributed by atoms with E-state index in [9.17, 15) is 0 Å². The molecule has 2 nitrogen and oxygen atoms in total. The molecular weight excluding hydrogens is 367 g/mol. The second-order valence-electron chi connectivity index (χ2n) is 9.41. The van der Waals surface area contributed by atoms with E-state index in [1.54, 1.807) is 0 Å². The second-order valence-corrected chi connectivity index (χ2v) is 14.6. The van der Waals surface area contributed by atoms with Gasteiger partial charge in [-0.2, -0.15) is 0 Å². The Morgan fingerprint density at radius 1 is 0.800 bits per heavy atom. The Kier molecular flexibility index (Phi) is 8.36. The predicted octanol–water partition coefficient (Wildman–Crippen LogP) is 7.10. The van der Waals surface area contributed by atoms with Crippen LogP contribution < -0.4 is 0 Å². The van der Waals surface area contributed by atoms with Crippen molar-refractivity contribution in [3.05, 3.63) is 0 Å². The van der Waals surface area contributed by atoms with E-state index in [0.29, 0.717) is 35.5 Å². The lowest BCUT2D eigenvalue weighted by Gasteiger charge is -2.42. The summed E-state index contributed by atoms with van der Waals surface area (Å²) in [5.41, 5.74) is -2.51. The second kappa shape index (κ2) is 9.41. The minimum atomic E-state index is -2.51. The van der Waals surface area contributed by atoms with Crippen LogP contribution in [0.15, 0.2) is 0 Å². The summed E-state index contributed by atoms with van der Waals surface area (Å²) in [5, 5.41) is 0. The Morgan fingerprint density at radius 2 is 1.16 bits per heavy atom. The van der Waals surface area contributed by atoms with E-state index >= 15 is 0 Å². The third-order valence-electron chi connectivity index (χ3n) is 6.46. The summed E-state index contributed by atoms with van der Waals surface area (Å²) in [6.07, 6.45) is 7.70. The van der Waals surface area contributed by atoms with Crippen LogP contribution in [0.25, 0.3) is 0 Å². The van der Waals surface area contributed by atoms with E-state index in [1.165, 1.54) is 25.7 Å². The molecule has 2 aliphatic carbocycles. The summed E-state index contributed by atoms with van der Waals surface area (Å²) in [6.45, 7) is 13.9. The zero-order valence-electron chi connectivity index (χ0n) is 17.0. The van der Waals surface area contributed by atoms with Crippen LogP contribution in [-0.4, -0.2) is 12.2 Å². The maximum atomic E-state index is 6.46. The highest BCUT2D eigenvalue weighted by Crippen LogP contribution is 2.59. The van der Waals surface area contributed by atoms with Crippen LogP contribution in [0.3, 0.4) is 0 Å². The molecule has 5 heteroatoms. The highest BCUT2D eigenvalue weighted by molar-refractivity contribution is 8.60. The largest absolute Gasteiger partial charge is 0.318 e. The molecule has 0 aromatic rings. The molecule has 2 saturated carbocycles. The van der Waals surface area contributed by atoms with Crippen molar-refractivity contribution < 1.29 is 9.05 Å². The Balaban J connectivity index is 2.04. The van der Waals surface area contributed by atoms with Gasteiger partial charge in [-0.1, -0.05) is 66.6 Å². The number of rotatable bonds is 6.